The maximum absolute atomic E-state index is 12.2. The van der Waals surface area contributed by atoms with Crippen LogP contribution in [0.3, 0.4) is 0 Å². The minimum absolute atomic E-state index is 0.285. The van der Waals surface area contributed by atoms with Crippen LogP contribution >= 0.6 is 27.5 Å². The Morgan fingerprint density at radius 1 is 1.19 bits per heavy atom. The second-order valence-corrected chi connectivity index (χ2v) is 6.21. The molecule has 0 aliphatic carbocycles. The maximum atomic E-state index is 12.2. The molecular weight excluding hydrogens is 354 g/mol. The van der Waals surface area contributed by atoms with Crippen molar-refractivity contribution >= 4 is 44.9 Å². The van der Waals surface area contributed by atoms with E-state index < -0.39 is 11.7 Å². The van der Waals surface area contributed by atoms with Gasteiger partial charge in [-0.25, -0.2) is 0 Å². The lowest BCUT2D eigenvalue weighted by Crippen LogP contribution is -2.29. The summed E-state index contributed by atoms with van der Waals surface area (Å²) in [5.41, 5.74) is 2.91. The number of hydrogen-bond acceptors (Lipinski definition) is 2. The van der Waals surface area contributed by atoms with Crippen LogP contribution in [-0.4, -0.2) is 11.7 Å². The van der Waals surface area contributed by atoms with E-state index in [2.05, 4.69) is 15.9 Å². The van der Waals surface area contributed by atoms with Crippen LogP contribution < -0.4 is 4.90 Å². The largest absolute Gasteiger partial charge is 0.300 e. The molecule has 1 heterocycles. The Hall–Kier alpha value is -1.65. The normalized spacial score (nSPS) is 13.8. The number of Topliss-reactive ketones (excluding diaryl/α,β-unsaturated/α-hetero) is 1. The van der Waals surface area contributed by atoms with Crippen molar-refractivity contribution < 1.29 is 9.59 Å². The van der Waals surface area contributed by atoms with Gasteiger partial charge >= 0.3 is 0 Å². The summed E-state index contributed by atoms with van der Waals surface area (Å²) in [4.78, 5) is 25.8. The van der Waals surface area contributed by atoms with E-state index in [0.29, 0.717) is 20.7 Å². The van der Waals surface area contributed by atoms with Crippen molar-refractivity contribution in [3.63, 3.8) is 0 Å². The van der Waals surface area contributed by atoms with Gasteiger partial charge in [0.2, 0.25) is 0 Å². The minimum Gasteiger partial charge on any atom is -0.300 e. The smallest absolute Gasteiger partial charge is 0.299 e. The van der Waals surface area contributed by atoms with Crippen molar-refractivity contribution in [2.75, 3.05) is 4.90 Å². The minimum atomic E-state index is -0.520. The molecule has 0 bridgehead atoms. The summed E-state index contributed by atoms with van der Waals surface area (Å²) in [6.07, 6.45) is 0. The standard InChI is InChI=1S/C16H11BrClNO2/c1-9-5-6-10(12(18)7-9)8-19-13-4-2-3-11(17)14(13)15(20)16(19)21/h2-7H,8H2,1H3. The molecule has 106 valence electrons. The first-order valence-electron chi connectivity index (χ1n) is 6.39. The van der Waals surface area contributed by atoms with E-state index in [-0.39, 0.29) is 6.54 Å². The molecule has 3 rings (SSSR count). The van der Waals surface area contributed by atoms with Crippen LogP contribution in [0.2, 0.25) is 5.02 Å². The first-order chi connectivity index (χ1) is 9.99. The monoisotopic (exact) mass is 363 g/mol. The van der Waals surface area contributed by atoms with Crippen LogP contribution in [0.5, 0.6) is 0 Å². The number of carbonyl (C=O) groups is 2. The maximum Gasteiger partial charge on any atom is 0.299 e. The average molecular weight is 365 g/mol. The zero-order valence-corrected chi connectivity index (χ0v) is 13.5. The molecule has 3 nitrogen and oxygen atoms in total. The molecule has 0 saturated carbocycles. The number of hydrogen-bond donors (Lipinski definition) is 0. The van der Waals surface area contributed by atoms with Gasteiger partial charge < -0.3 is 4.90 Å². The van der Waals surface area contributed by atoms with Gasteiger partial charge in [0.15, 0.2) is 0 Å². The molecule has 0 spiro atoms. The van der Waals surface area contributed by atoms with Crippen molar-refractivity contribution in [1.29, 1.82) is 0 Å². The third kappa shape index (κ3) is 2.39. The van der Waals surface area contributed by atoms with Crippen molar-refractivity contribution in [2.24, 2.45) is 0 Å². The Bertz CT molecular complexity index is 773. The fourth-order valence-corrected chi connectivity index (χ4v) is 3.24. The number of benzene rings is 2. The highest BCUT2D eigenvalue weighted by atomic mass is 79.9. The Morgan fingerprint density at radius 2 is 1.95 bits per heavy atom. The fraction of sp³-hybridized carbons (Fsp3) is 0.125. The molecule has 0 N–H and O–H groups in total. The fourth-order valence-electron chi connectivity index (χ4n) is 2.41. The molecule has 5 heteroatoms. The lowest BCUT2D eigenvalue weighted by Gasteiger charge is -2.17. The number of anilines is 1. The van der Waals surface area contributed by atoms with Crippen molar-refractivity contribution in [1.82, 2.24) is 0 Å². The predicted molar refractivity (Wildman–Crippen MR) is 85.9 cm³/mol. The molecule has 2 aromatic rings. The van der Waals surface area contributed by atoms with Crippen LogP contribution in [0.15, 0.2) is 40.9 Å². The summed E-state index contributed by atoms with van der Waals surface area (Å²) in [6.45, 7) is 2.24. The predicted octanol–water partition coefficient (Wildman–Crippen LogP) is 4.14. The molecule has 1 aliphatic rings. The van der Waals surface area contributed by atoms with E-state index in [1.165, 1.54) is 4.90 Å². The van der Waals surface area contributed by atoms with Crippen LogP contribution in [0.25, 0.3) is 0 Å². The number of fused-ring (bicyclic) bond motifs is 1. The number of ketones is 1. The van der Waals surface area contributed by atoms with Gasteiger partial charge in [-0.15, -0.1) is 0 Å². The highest BCUT2D eigenvalue weighted by Gasteiger charge is 2.37. The van der Waals surface area contributed by atoms with E-state index in [9.17, 15) is 9.59 Å². The molecular formula is C16H11BrClNO2. The summed E-state index contributed by atoms with van der Waals surface area (Å²) in [5, 5.41) is 0.596. The zero-order valence-electron chi connectivity index (χ0n) is 11.2. The first kappa shape index (κ1) is 14.3. The topological polar surface area (TPSA) is 37.4 Å². The lowest BCUT2D eigenvalue weighted by molar-refractivity contribution is -0.114. The van der Waals surface area contributed by atoms with Gasteiger partial charge in [-0.3, -0.25) is 9.59 Å². The molecule has 1 amide bonds. The van der Waals surface area contributed by atoms with Gasteiger partial charge in [0.1, 0.15) is 0 Å². The quantitative estimate of drug-likeness (QED) is 0.751. The molecule has 2 aromatic carbocycles. The van der Waals surface area contributed by atoms with E-state index in [4.69, 9.17) is 11.6 Å². The van der Waals surface area contributed by atoms with Crippen molar-refractivity contribution in [2.45, 2.75) is 13.5 Å². The van der Waals surface area contributed by atoms with Gasteiger partial charge in [0.05, 0.1) is 17.8 Å². The molecule has 0 radical (unpaired) electrons. The Labute approximate surface area is 135 Å². The second kappa shape index (κ2) is 5.28. The second-order valence-electron chi connectivity index (χ2n) is 4.95. The summed E-state index contributed by atoms with van der Waals surface area (Å²) < 4.78 is 0.635. The van der Waals surface area contributed by atoms with E-state index in [1.54, 1.807) is 18.2 Å². The summed E-state index contributed by atoms with van der Waals surface area (Å²) in [7, 11) is 0. The molecule has 0 unspecified atom stereocenters. The first-order valence-corrected chi connectivity index (χ1v) is 7.56. The number of amides is 1. The Kier molecular flexibility index (Phi) is 3.59. The SMILES string of the molecule is Cc1ccc(CN2C(=O)C(=O)c3c(Br)cccc32)c(Cl)c1. The molecule has 0 aromatic heterocycles. The third-order valence-electron chi connectivity index (χ3n) is 3.49. The van der Waals surface area contributed by atoms with E-state index in [0.717, 1.165) is 11.1 Å². The summed E-state index contributed by atoms with van der Waals surface area (Å²) in [5.74, 6) is -1.01. The van der Waals surface area contributed by atoms with Gasteiger partial charge in [0, 0.05) is 9.50 Å². The molecule has 1 aliphatic heterocycles. The summed E-state index contributed by atoms with van der Waals surface area (Å²) in [6, 6.07) is 11.0. The van der Waals surface area contributed by atoms with Crippen molar-refractivity contribution in [3.8, 4) is 0 Å². The molecule has 0 saturated heterocycles. The number of carbonyl (C=O) groups excluding carboxylic acids is 2. The number of rotatable bonds is 2. The van der Waals surface area contributed by atoms with Gasteiger partial charge in [-0.2, -0.15) is 0 Å². The number of halogens is 2. The zero-order chi connectivity index (χ0) is 15.1. The van der Waals surface area contributed by atoms with E-state index >= 15 is 0 Å². The highest BCUT2D eigenvalue weighted by molar-refractivity contribution is 9.10. The Morgan fingerprint density at radius 3 is 2.67 bits per heavy atom. The molecule has 21 heavy (non-hydrogen) atoms. The lowest BCUT2D eigenvalue weighted by atomic mass is 10.1. The van der Waals surface area contributed by atoms with Crippen LogP contribution in [0.4, 0.5) is 5.69 Å². The van der Waals surface area contributed by atoms with E-state index in [1.807, 2.05) is 25.1 Å². The van der Waals surface area contributed by atoms with Crippen LogP contribution in [0.1, 0.15) is 21.5 Å². The van der Waals surface area contributed by atoms with Gasteiger partial charge in [-0.05, 0) is 52.2 Å². The average Bonchev–Trinajstić information content (AvgIpc) is 2.68. The molecule has 0 fully saturated rings. The van der Waals surface area contributed by atoms with Crippen molar-refractivity contribution in [3.05, 3.63) is 62.6 Å². The third-order valence-corrected chi connectivity index (χ3v) is 4.50. The van der Waals surface area contributed by atoms with Gasteiger partial charge in [-0.1, -0.05) is 29.8 Å². The Balaban J connectivity index is 2.03. The van der Waals surface area contributed by atoms with Crippen LogP contribution in [0, 0.1) is 6.92 Å². The number of nitrogens with zero attached hydrogens (tertiary/aromatic N) is 1. The van der Waals surface area contributed by atoms with Gasteiger partial charge in [0.25, 0.3) is 11.7 Å². The summed E-state index contributed by atoms with van der Waals surface area (Å²) >= 11 is 9.54. The highest BCUT2D eigenvalue weighted by Crippen LogP contribution is 2.35. The molecule has 0 atom stereocenters. The van der Waals surface area contributed by atoms with Crippen LogP contribution in [-0.2, 0) is 11.3 Å². The number of aryl methyl sites for hydroxylation is 1.